The molecule has 0 radical (unpaired) electrons. The van der Waals surface area contributed by atoms with E-state index in [1.165, 1.54) is 18.0 Å². The fraction of sp³-hybridized carbons (Fsp3) is 0.143. The normalized spacial score (nSPS) is 11.9. The largest absolute Gasteiger partial charge is 0.310 e. The first-order valence-corrected chi connectivity index (χ1v) is 7.94. The number of carbonyl (C=O) groups is 1. The van der Waals surface area contributed by atoms with Crippen LogP contribution in [0.25, 0.3) is 0 Å². The van der Waals surface area contributed by atoms with Crippen molar-refractivity contribution < 1.29 is 4.79 Å². The molecule has 3 nitrogen and oxygen atoms in total. The average molecular weight is 372 g/mol. The highest BCUT2D eigenvalue weighted by Crippen LogP contribution is 2.25. The molecule has 0 saturated heterocycles. The second kappa shape index (κ2) is 7.11. The fourth-order valence-corrected chi connectivity index (χ4v) is 2.69. The summed E-state index contributed by atoms with van der Waals surface area (Å²) in [5, 5.41) is 3.09. The summed E-state index contributed by atoms with van der Waals surface area (Å²) in [6.07, 6.45) is 1.50. The zero-order valence-electron chi connectivity index (χ0n) is 10.6. The van der Waals surface area contributed by atoms with E-state index in [0.717, 1.165) is 9.37 Å². The van der Waals surface area contributed by atoms with Crippen molar-refractivity contribution in [2.75, 3.05) is 5.32 Å². The van der Waals surface area contributed by atoms with Crippen LogP contribution in [0, 0.1) is 0 Å². The van der Waals surface area contributed by atoms with E-state index in [-0.39, 0.29) is 11.2 Å². The van der Waals surface area contributed by atoms with Crippen LogP contribution in [0.1, 0.15) is 6.92 Å². The Kier molecular flexibility index (Phi) is 5.46. The molecule has 0 unspecified atom stereocenters. The molecule has 20 heavy (non-hydrogen) atoms. The number of halogens is 2. The maximum absolute atomic E-state index is 12.1. The summed E-state index contributed by atoms with van der Waals surface area (Å²) in [4.78, 5) is 17.1. The molecule has 1 aromatic carbocycles. The number of thioether (sulfide) groups is 1. The van der Waals surface area contributed by atoms with E-state index >= 15 is 0 Å². The molecule has 2 rings (SSSR count). The van der Waals surface area contributed by atoms with Crippen LogP contribution in [-0.4, -0.2) is 16.1 Å². The van der Waals surface area contributed by atoms with Gasteiger partial charge in [0, 0.05) is 15.6 Å². The van der Waals surface area contributed by atoms with Crippen LogP contribution < -0.4 is 5.32 Å². The van der Waals surface area contributed by atoms with Gasteiger partial charge in [0.2, 0.25) is 5.91 Å². The Bertz CT molecular complexity index is 589. The van der Waals surface area contributed by atoms with Crippen molar-refractivity contribution in [2.24, 2.45) is 0 Å². The van der Waals surface area contributed by atoms with E-state index in [1.807, 2.05) is 31.2 Å². The van der Waals surface area contributed by atoms with Gasteiger partial charge in [0.05, 0.1) is 10.3 Å². The quantitative estimate of drug-likeness (QED) is 0.798. The van der Waals surface area contributed by atoms with Gasteiger partial charge in [-0.2, -0.15) is 0 Å². The Hall–Kier alpha value is -1.04. The van der Waals surface area contributed by atoms with Gasteiger partial charge in [0.25, 0.3) is 0 Å². The molecular formula is C14H12BrClN2OS. The predicted molar refractivity (Wildman–Crippen MR) is 87.3 cm³/mol. The van der Waals surface area contributed by atoms with Gasteiger partial charge in [0.15, 0.2) is 0 Å². The predicted octanol–water partition coefficient (Wildman–Crippen LogP) is 4.62. The molecule has 0 fully saturated rings. The lowest BCUT2D eigenvalue weighted by Gasteiger charge is -2.11. The minimum absolute atomic E-state index is 0.0901. The molecule has 0 aliphatic rings. The van der Waals surface area contributed by atoms with Gasteiger partial charge in [0.1, 0.15) is 5.82 Å². The topological polar surface area (TPSA) is 42.0 Å². The van der Waals surface area contributed by atoms with Gasteiger partial charge in [-0.05, 0) is 43.3 Å². The summed E-state index contributed by atoms with van der Waals surface area (Å²) >= 11 is 10.6. The molecule has 0 aliphatic heterocycles. The Morgan fingerprint density at radius 1 is 1.30 bits per heavy atom. The zero-order valence-corrected chi connectivity index (χ0v) is 13.8. The van der Waals surface area contributed by atoms with Crippen molar-refractivity contribution in [3.05, 3.63) is 52.1 Å². The standard InChI is InChI=1S/C14H12BrClN2OS/c1-9(20-12-5-2-10(15)3-6-12)14(19)18-13-7-4-11(16)8-17-13/h2-9H,1H3,(H,17,18,19)/t9-/m0/s1. The van der Waals surface area contributed by atoms with Crippen LogP contribution in [0.4, 0.5) is 5.82 Å². The molecule has 104 valence electrons. The SMILES string of the molecule is C[C@H](Sc1ccc(Br)cc1)C(=O)Nc1ccc(Cl)cn1. The number of nitrogens with one attached hydrogen (secondary N) is 1. The van der Waals surface area contributed by atoms with Crippen molar-refractivity contribution in [3.8, 4) is 0 Å². The molecule has 1 amide bonds. The molecule has 2 aromatic rings. The van der Waals surface area contributed by atoms with Gasteiger partial charge < -0.3 is 5.32 Å². The first-order valence-electron chi connectivity index (χ1n) is 5.89. The van der Waals surface area contributed by atoms with Crippen LogP contribution in [0.3, 0.4) is 0 Å². The van der Waals surface area contributed by atoms with Crippen molar-refractivity contribution in [1.29, 1.82) is 0 Å². The van der Waals surface area contributed by atoms with Gasteiger partial charge >= 0.3 is 0 Å². The Morgan fingerprint density at radius 2 is 2.00 bits per heavy atom. The number of aromatic nitrogens is 1. The molecule has 1 N–H and O–H groups in total. The number of benzene rings is 1. The average Bonchev–Trinajstić information content (AvgIpc) is 2.44. The first kappa shape index (κ1) is 15.4. The van der Waals surface area contributed by atoms with Crippen molar-refractivity contribution in [1.82, 2.24) is 4.98 Å². The van der Waals surface area contributed by atoms with Crippen LogP contribution in [0.15, 0.2) is 52.0 Å². The van der Waals surface area contributed by atoms with Gasteiger partial charge in [-0.25, -0.2) is 4.98 Å². The molecular weight excluding hydrogens is 360 g/mol. The number of pyridine rings is 1. The number of carbonyl (C=O) groups excluding carboxylic acids is 1. The zero-order chi connectivity index (χ0) is 14.5. The Balaban J connectivity index is 1.94. The maximum Gasteiger partial charge on any atom is 0.238 e. The molecule has 6 heteroatoms. The summed E-state index contributed by atoms with van der Waals surface area (Å²) < 4.78 is 1.02. The monoisotopic (exact) mass is 370 g/mol. The van der Waals surface area contributed by atoms with Crippen molar-refractivity contribution >= 4 is 51.0 Å². The Labute approximate surface area is 135 Å². The number of nitrogens with zero attached hydrogens (tertiary/aromatic N) is 1. The van der Waals surface area contributed by atoms with E-state index in [2.05, 4.69) is 26.2 Å². The second-order valence-corrected chi connectivity index (χ2v) is 6.83. The molecule has 1 aromatic heterocycles. The maximum atomic E-state index is 12.1. The summed E-state index contributed by atoms with van der Waals surface area (Å²) in [5.74, 6) is 0.412. The molecule has 1 atom stereocenters. The lowest BCUT2D eigenvalue weighted by atomic mass is 10.4. The van der Waals surface area contributed by atoms with Crippen molar-refractivity contribution in [2.45, 2.75) is 17.1 Å². The van der Waals surface area contributed by atoms with E-state index in [0.29, 0.717) is 10.8 Å². The van der Waals surface area contributed by atoms with E-state index < -0.39 is 0 Å². The molecule has 0 spiro atoms. The van der Waals surface area contributed by atoms with Gasteiger partial charge in [-0.15, -0.1) is 11.8 Å². The van der Waals surface area contributed by atoms with E-state index in [1.54, 1.807) is 12.1 Å². The second-order valence-electron chi connectivity index (χ2n) is 4.06. The first-order chi connectivity index (χ1) is 9.54. The minimum Gasteiger partial charge on any atom is -0.310 e. The number of anilines is 1. The number of hydrogen-bond acceptors (Lipinski definition) is 3. The molecule has 1 heterocycles. The third kappa shape index (κ3) is 4.51. The van der Waals surface area contributed by atoms with Crippen LogP contribution in [-0.2, 0) is 4.79 Å². The summed E-state index contributed by atoms with van der Waals surface area (Å²) in [7, 11) is 0. The summed E-state index contributed by atoms with van der Waals surface area (Å²) in [5.41, 5.74) is 0. The van der Waals surface area contributed by atoms with Gasteiger partial charge in [-0.1, -0.05) is 27.5 Å². The third-order valence-corrected chi connectivity index (χ3v) is 4.34. The number of amides is 1. The summed E-state index contributed by atoms with van der Waals surface area (Å²) in [6.45, 7) is 1.86. The van der Waals surface area contributed by atoms with Crippen LogP contribution in [0.2, 0.25) is 5.02 Å². The molecule has 0 aliphatic carbocycles. The van der Waals surface area contributed by atoms with Crippen molar-refractivity contribution in [3.63, 3.8) is 0 Å². The number of rotatable bonds is 4. The fourth-order valence-electron chi connectivity index (χ4n) is 1.45. The summed E-state index contributed by atoms with van der Waals surface area (Å²) in [6, 6.07) is 11.2. The highest BCUT2D eigenvalue weighted by molar-refractivity contribution is 9.10. The third-order valence-electron chi connectivity index (χ3n) is 2.47. The molecule has 0 saturated carbocycles. The van der Waals surface area contributed by atoms with Crippen LogP contribution >= 0.6 is 39.3 Å². The highest BCUT2D eigenvalue weighted by Gasteiger charge is 2.14. The highest BCUT2D eigenvalue weighted by atomic mass is 79.9. The lowest BCUT2D eigenvalue weighted by Crippen LogP contribution is -2.22. The lowest BCUT2D eigenvalue weighted by molar-refractivity contribution is -0.115. The smallest absolute Gasteiger partial charge is 0.238 e. The number of hydrogen-bond donors (Lipinski definition) is 1. The Morgan fingerprint density at radius 3 is 2.60 bits per heavy atom. The minimum atomic E-state index is -0.214. The van der Waals surface area contributed by atoms with E-state index in [9.17, 15) is 4.79 Å². The van der Waals surface area contributed by atoms with E-state index in [4.69, 9.17) is 11.6 Å². The molecule has 0 bridgehead atoms. The van der Waals surface area contributed by atoms with Gasteiger partial charge in [-0.3, -0.25) is 4.79 Å². The van der Waals surface area contributed by atoms with Crippen LogP contribution in [0.5, 0.6) is 0 Å².